The van der Waals surface area contributed by atoms with Gasteiger partial charge in [-0.3, -0.25) is 14.4 Å². The molecule has 58 heavy (non-hydrogen) atoms. The Hall–Kier alpha value is -2.11. The van der Waals surface area contributed by atoms with Crippen molar-refractivity contribution in [3.8, 4) is 0 Å². The van der Waals surface area contributed by atoms with Gasteiger partial charge in [-0.25, -0.2) is 0 Å². The van der Waals surface area contributed by atoms with Gasteiger partial charge in [0.15, 0.2) is 6.10 Å². The fraction of sp³-hybridized carbons (Fsp3) is 0.865. The lowest BCUT2D eigenvalue weighted by molar-refractivity contribution is -0.167. The van der Waals surface area contributed by atoms with E-state index < -0.39 is 6.10 Å². The number of carbonyl (C=O) groups is 3. The molecule has 1 unspecified atom stereocenters. The molecule has 0 heterocycles. The standard InChI is InChI=1S/C52H96O6/c1-4-7-10-13-16-19-22-24-26-28-30-33-36-39-42-45-51(54)57-48-49(47-56-50(53)44-41-38-35-32-29-21-18-15-12-9-6-3)58-52(55)46-43-40-37-34-31-27-25-23-20-17-14-11-8-5-2/h15,18,24,26,49H,4-14,16-17,19-23,25,27-48H2,1-3H3/b18-15-,26-24-. The molecule has 0 saturated heterocycles. The molecule has 0 aliphatic heterocycles. The van der Waals surface area contributed by atoms with Gasteiger partial charge in [-0.15, -0.1) is 0 Å². The Morgan fingerprint density at radius 1 is 0.328 bits per heavy atom. The van der Waals surface area contributed by atoms with Gasteiger partial charge in [0.25, 0.3) is 0 Å². The van der Waals surface area contributed by atoms with Gasteiger partial charge in [-0.1, -0.05) is 212 Å². The number of hydrogen-bond acceptors (Lipinski definition) is 6. The fourth-order valence-electron chi connectivity index (χ4n) is 7.30. The third kappa shape index (κ3) is 45.0. The Morgan fingerprint density at radius 3 is 0.914 bits per heavy atom. The highest BCUT2D eigenvalue weighted by atomic mass is 16.6. The summed E-state index contributed by atoms with van der Waals surface area (Å²) >= 11 is 0. The molecule has 0 aromatic rings. The van der Waals surface area contributed by atoms with Crippen molar-refractivity contribution in [1.29, 1.82) is 0 Å². The topological polar surface area (TPSA) is 78.9 Å². The maximum atomic E-state index is 12.8. The highest BCUT2D eigenvalue weighted by molar-refractivity contribution is 5.71. The van der Waals surface area contributed by atoms with Crippen LogP contribution in [0.2, 0.25) is 0 Å². The van der Waals surface area contributed by atoms with Crippen LogP contribution in [0.1, 0.15) is 271 Å². The minimum absolute atomic E-state index is 0.0748. The minimum Gasteiger partial charge on any atom is -0.462 e. The molecule has 340 valence electrons. The first kappa shape index (κ1) is 55.9. The van der Waals surface area contributed by atoms with E-state index in [1.165, 1.54) is 161 Å². The zero-order valence-corrected chi connectivity index (χ0v) is 38.8. The number of unbranched alkanes of at least 4 members (excludes halogenated alkanes) is 31. The number of carbonyl (C=O) groups excluding carboxylic acids is 3. The van der Waals surface area contributed by atoms with Crippen molar-refractivity contribution in [2.45, 2.75) is 277 Å². The lowest BCUT2D eigenvalue weighted by atomic mass is 10.0. The Balaban J connectivity index is 4.35. The molecule has 6 nitrogen and oxygen atoms in total. The first-order chi connectivity index (χ1) is 28.5. The normalized spacial score (nSPS) is 12.1. The summed E-state index contributed by atoms with van der Waals surface area (Å²) in [4.78, 5) is 37.9. The van der Waals surface area contributed by atoms with Crippen LogP contribution < -0.4 is 0 Å². The quantitative estimate of drug-likeness (QED) is 0.0263. The fourth-order valence-corrected chi connectivity index (χ4v) is 7.30. The summed E-state index contributed by atoms with van der Waals surface area (Å²) in [6, 6.07) is 0. The van der Waals surface area contributed by atoms with Crippen molar-refractivity contribution in [2.24, 2.45) is 0 Å². The Labute approximate surface area is 360 Å². The number of rotatable bonds is 46. The summed E-state index contributed by atoms with van der Waals surface area (Å²) in [7, 11) is 0. The van der Waals surface area contributed by atoms with Crippen LogP contribution in [0.4, 0.5) is 0 Å². The second kappa shape index (κ2) is 47.6. The van der Waals surface area contributed by atoms with Crippen LogP contribution in [-0.2, 0) is 28.6 Å². The van der Waals surface area contributed by atoms with Crippen LogP contribution in [0.3, 0.4) is 0 Å². The van der Waals surface area contributed by atoms with Crippen LogP contribution in [0, 0.1) is 0 Å². The predicted octanol–water partition coefficient (Wildman–Crippen LogP) is 16.4. The van der Waals surface area contributed by atoms with Crippen LogP contribution in [-0.4, -0.2) is 37.2 Å². The lowest BCUT2D eigenvalue weighted by Crippen LogP contribution is -2.30. The van der Waals surface area contributed by atoms with Gasteiger partial charge >= 0.3 is 17.9 Å². The molecule has 1 atom stereocenters. The van der Waals surface area contributed by atoms with Crippen LogP contribution >= 0.6 is 0 Å². The van der Waals surface area contributed by atoms with Crippen LogP contribution in [0.25, 0.3) is 0 Å². The second-order valence-corrected chi connectivity index (χ2v) is 17.1. The third-order valence-electron chi connectivity index (χ3n) is 11.2. The van der Waals surface area contributed by atoms with E-state index in [0.29, 0.717) is 19.3 Å². The molecule has 0 aromatic carbocycles. The molecular formula is C52H96O6. The van der Waals surface area contributed by atoms with E-state index in [1.807, 2.05) is 0 Å². The van der Waals surface area contributed by atoms with Gasteiger partial charge in [-0.2, -0.15) is 0 Å². The van der Waals surface area contributed by atoms with Gasteiger partial charge in [0.05, 0.1) is 0 Å². The summed E-state index contributed by atoms with van der Waals surface area (Å²) < 4.78 is 16.8. The molecule has 0 spiro atoms. The molecule has 0 aliphatic rings. The van der Waals surface area contributed by atoms with Gasteiger partial charge in [0.1, 0.15) is 13.2 Å². The Morgan fingerprint density at radius 2 is 0.586 bits per heavy atom. The van der Waals surface area contributed by atoms with E-state index in [-0.39, 0.29) is 31.1 Å². The van der Waals surface area contributed by atoms with E-state index in [2.05, 4.69) is 45.1 Å². The van der Waals surface area contributed by atoms with Crippen LogP contribution in [0.5, 0.6) is 0 Å². The zero-order valence-electron chi connectivity index (χ0n) is 38.8. The molecule has 0 aliphatic carbocycles. The predicted molar refractivity (Wildman–Crippen MR) is 247 cm³/mol. The average Bonchev–Trinajstić information content (AvgIpc) is 3.22. The molecule has 0 aromatic heterocycles. The molecule has 6 heteroatoms. The van der Waals surface area contributed by atoms with E-state index >= 15 is 0 Å². The third-order valence-corrected chi connectivity index (χ3v) is 11.2. The number of allylic oxidation sites excluding steroid dienone is 4. The van der Waals surface area contributed by atoms with E-state index in [9.17, 15) is 14.4 Å². The highest BCUT2D eigenvalue weighted by Crippen LogP contribution is 2.15. The first-order valence-electron chi connectivity index (χ1n) is 25.3. The van der Waals surface area contributed by atoms with Gasteiger partial charge in [-0.05, 0) is 64.2 Å². The van der Waals surface area contributed by atoms with Gasteiger partial charge in [0.2, 0.25) is 0 Å². The first-order valence-corrected chi connectivity index (χ1v) is 25.3. The summed E-state index contributed by atoms with van der Waals surface area (Å²) in [6.07, 6.45) is 53.0. The lowest BCUT2D eigenvalue weighted by Gasteiger charge is -2.18. The van der Waals surface area contributed by atoms with Crippen molar-refractivity contribution >= 4 is 17.9 Å². The molecule has 0 amide bonds. The molecular weight excluding hydrogens is 721 g/mol. The minimum atomic E-state index is -0.772. The highest BCUT2D eigenvalue weighted by Gasteiger charge is 2.19. The molecule has 0 fully saturated rings. The number of esters is 3. The zero-order chi connectivity index (χ0) is 42.3. The molecule has 0 N–H and O–H groups in total. The monoisotopic (exact) mass is 817 g/mol. The molecule has 0 bridgehead atoms. The van der Waals surface area contributed by atoms with E-state index in [1.54, 1.807) is 0 Å². The maximum Gasteiger partial charge on any atom is 0.306 e. The van der Waals surface area contributed by atoms with Crippen molar-refractivity contribution in [3.63, 3.8) is 0 Å². The maximum absolute atomic E-state index is 12.8. The number of ether oxygens (including phenoxy) is 3. The van der Waals surface area contributed by atoms with Crippen LogP contribution in [0.15, 0.2) is 24.3 Å². The second-order valence-electron chi connectivity index (χ2n) is 17.1. The molecule has 0 rings (SSSR count). The smallest absolute Gasteiger partial charge is 0.306 e. The molecule has 0 saturated carbocycles. The summed E-state index contributed by atoms with van der Waals surface area (Å²) in [6.45, 7) is 6.60. The summed E-state index contributed by atoms with van der Waals surface area (Å²) in [5, 5.41) is 0. The average molecular weight is 817 g/mol. The van der Waals surface area contributed by atoms with Crippen molar-refractivity contribution in [1.82, 2.24) is 0 Å². The largest absolute Gasteiger partial charge is 0.462 e. The van der Waals surface area contributed by atoms with Crippen molar-refractivity contribution in [3.05, 3.63) is 24.3 Å². The van der Waals surface area contributed by atoms with Crippen molar-refractivity contribution < 1.29 is 28.6 Å². The Kier molecular flexibility index (Phi) is 45.8. The van der Waals surface area contributed by atoms with E-state index in [4.69, 9.17) is 14.2 Å². The molecule has 0 radical (unpaired) electrons. The summed E-state index contributed by atoms with van der Waals surface area (Å²) in [5.74, 6) is -0.881. The Bertz CT molecular complexity index is 942. The summed E-state index contributed by atoms with van der Waals surface area (Å²) in [5.41, 5.74) is 0. The van der Waals surface area contributed by atoms with Crippen molar-refractivity contribution in [2.75, 3.05) is 13.2 Å². The van der Waals surface area contributed by atoms with Gasteiger partial charge < -0.3 is 14.2 Å². The number of hydrogen-bond donors (Lipinski definition) is 0. The van der Waals surface area contributed by atoms with Gasteiger partial charge in [0, 0.05) is 19.3 Å². The van der Waals surface area contributed by atoms with E-state index in [0.717, 1.165) is 70.6 Å². The SMILES string of the molecule is CCCC/C=C\CCCCCCCC(=O)OCC(COC(=O)CCCCCCC/C=C\CCCCCCCC)OC(=O)CCCCCCCCCCCCCCCC.